The van der Waals surface area contributed by atoms with Crippen molar-refractivity contribution < 1.29 is 0 Å². The minimum Gasteiger partial charge on any atom is -0.362 e. The van der Waals surface area contributed by atoms with E-state index >= 15 is 0 Å². The number of nitrogens with one attached hydrogen (secondary N) is 1. The van der Waals surface area contributed by atoms with Crippen LogP contribution in [0.4, 0.5) is 0 Å². The van der Waals surface area contributed by atoms with E-state index in [1.54, 1.807) is 0 Å². The minimum atomic E-state index is 0. The maximum Gasteiger partial charge on any atom is 0.168 e. The lowest BCUT2D eigenvalue weighted by molar-refractivity contribution is 0.285. The molecule has 4 nitrogen and oxygen atoms in total. The number of hydrogen-bond acceptors (Lipinski definition) is 6. The van der Waals surface area contributed by atoms with Gasteiger partial charge in [0.1, 0.15) is 0 Å². The Morgan fingerprint density at radius 3 is 2.87 bits per heavy atom. The summed E-state index contributed by atoms with van der Waals surface area (Å²) in [6.07, 6.45) is 5.27. The van der Waals surface area contributed by atoms with Gasteiger partial charge in [-0.15, -0.1) is 24.8 Å². The van der Waals surface area contributed by atoms with E-state index in [2.05, 4.69) is 29.5 Å². The van der Waals surface area contributed by atoms with Gasteiger partial charge in [-0.3, -0.25) is 9.98 Å². The molecule has 0 spiro atoms. The summed E-state index contributed by atoms with van der Waals surface area (Å²) in [5.74, 6) is 0.997. The van der Waals surface area contributed by atoms with Crippen LogP contribution >= 0.6 is 48.3 Å². The van der Waals surface area contributed by atoms with Crippen LogP contribution in [0.5, 0.6) is 0 Å². The van der Waals surface area contributed by atoms with Crippen LogP contribution in [0.3, 0.4) is 0 Å². The van der Waals surface area contributed by atoms with Crippen molar-refractivity contribution in [2.75, 3.05) is 12.3 Å². The van der Waals surface area contributed by atoms with Gasteiger partial charge in [0.2, 0.25) is 0 Å². The van der Waals surface area contributed by atoms with Gasteiger partial charge < -0.3 is 10.2 Å². The second-order valence-corrected chi connectivity index (χ2v) is 8.60. The average molecular weight is 395 g/mol. The monoisotopic (exact) mass is 394 g/mol. The van der Waals surface area contributed by atoms with Gasteiger partial charge in [0.05, 0.1) is 17.6 Å². The van der Waals surface area contributed by atoms with Crippen LogP contribution in [0.1, 0.15) is 39.5 Å². The van der Waals surface area contributed by atoms with Gasteiger partial charge in [-0.2, -0.15) is 0 Å². The molecule has 0 amide bonds. The molecule has 2 unspecified atom stereocenters. The van der Waals surface area contributed by atoms with Gasteiger partial charge in [0.25, 0.3) is 0 Å². The molecule has 4 rings (SSSR count). The lowest BCUT2D eigenvalue weighted by Crippen LogP contribution is -2.39. The summed E-state index contributed by atoms with van der Waals surface area (Å²) in [6.45, 7) is 5.30. The first-order valence-corrected chi connectivity index (χ1v) is 9.68. The maximum atomic E-state index is 4.92. The molecule has 1 fully saturated rings. The highest BCUT2D eigenvalue weighted by molar-refractivity contribution is 8.17. The molecule has 1 N–H and O–H groups in total. The SMILES string of the molecule is CC1(C)CNC(SCC2=CSC3=NC4CCCCC4N23)=N1.Cl.Cl. The maximum absolute atomic E-state index is 4.92. The summed E-state index contributed by atoms with van der Waals surface area (Å²) in [6, 6.07) is 1.18. The fraction of sp³-hybridized carbons (Fsp3) is 0.733. The Bertz CT molecular complexity index is 548. The van der Waals surface area contributed by atoms with Crippen molar-refractivity contribution in [1.29, 1.82) is 0 Å². The molecule has 8 heteroatoms. The Balaban J connectivity index is 0.000000960. The van der Waals surface area contributed by atoms with Crippen LogP contribution in [0, 0.1) is 0 Å². The van der Waals surface area contributed by atoms with E-state index < -0.39 is 0 Å². The molecule has 0 saturated heterocycles. The summed E-state index contributed by atoms with van der Waals surface area (Å²) < 4.78 is 0. The van der Waals surface area contributed by atoms with Crippen molar-refractivity contribution in [3.05, 3.63) is 11.1 Å². The summed E-state index contributed by atoms with van der Waals surface area (Å²) in [5.41, 5.74) is 1.47. The van der Waals surface area contributed by atoms with Crippen LogP contribution in [0.2, 0.25) is 0 Å². The second kappa shape index (κ2) is 7.46. The van der Waals surface area contributed by atoms with E-state index in [1.807, 2.05) is 23.5 Å². The van der Waals surface area contributed by atoms with Crippen LogP contribution in [0.15, 0.2) is 21.1 Å². The van der Waals surface area contributed by atoms with Crippen LogP contribution in [-0.4, -0.2) is 45.2 Å². The lowest BCUT2D eigenvalue weighted by atomic mass is 9.91. The van der Waals surface area contributed by atoms with Gasteiger partial charge in [-0.1, -0.05) is 36.4 Å². The summed E-state index contributed by atoms with van der Waals surface area (Å²) in [5, 5.41) is 8.04. The Labute approximate surface area is 159 Å². The fourth-order valence-corrected chi connectivity index (χ4v) is 5.56. The number of hydrogen-bond donors (Lipinski definition) is 1. The zero-order chi connectivity index (χ0) is 14.4. The van der Waals surface area contributed by atoms with Crippen LogP contribution in [-0.2, 0) is 0 Å². The van der Waals surface area contributed by atoms with Gasteiger partial charge in [0, 0.05) is 18.0 Å². The third kappa shape index (κ3) is 3.80. The molecular weight excluding hydrogens is 371 g/mol. The topological polar surface area (TPSA) is 40.0 Å². The average Bonchev–Trinajstić information content (AvgIpc) is 3.10. The molecule has 0 radical (unpaired) electrons. The van der Waals surface area contributed by atoms with E-state index in [0.717, 1.165) is 17.5 Å². The van der Waals surface area contributed by atoms with Gasteiger partial charge in [-0.05, 0) is 32.1 Å². The summed E-state index contributed by atoms with van der Waals surface area (Å²) >= 11 is 3.64. The van der Waals surface area contributed by atoms with E-state index in [9.17, 15) is 0 Å². The number of amidine groups is 2. The first-order valence-electron chi connectivity index (χ1n) is 7.82. The van der Waals surface area contributed by atoms with Crippen molar-refractivity contribution in [3.8, 4) is 0 Å². The van der Waals surface area contributed by atoms with Gasteiger partial charge >= 0.3 is 0 Å². The van der Waals surface area contributed by atoms with Crippen molar-refractivity contribution in [2.45, 2.75) is 57.2 Å². The van der Waals surface area contributed by atoms with E-state index in [0.29, 0.717) is 12.1 Å². The summed E-state index contributed by atoms with van der Waals surface area (Å²) in [4.78, 5) is 12.2. The van der Waals surface area contributed by atoms with E-state index in [1.165, 1.54) is 36.5 Å². The number of thioether (sulfide) groups is 2. The molecular formula is C15H24Cl2N4S2. The predicted molar refractivity (Wildman–Crippen MR) is 107 cm³/mol. The van der Waals surface area contributed by atoms with Crippen LogP contribution < -0.4 is 5.32 Å². The standard InChI is InChI=1S/C15H22N4S2.2ClH/c1-15(2)9-16-13(18-15)20-7-10-8-21-14-17-11-5-3-4-6-12(11)19(10)14;;/h8,11-12H,3-7,9H2,1-2H3,(H,16,18);2*1H. The van der Waals surface area contributed by atoms with Gasteiger partial charge in [-0.25, -0.2) is 0 Å². The molecule has 0 aromatic carbocycles. The molecule has 0 aromatic heterocycles. The third-order valence-corrected chi connectivity index (χ3v) is 6.40. The number of aliphatic imine (C=N–C) groups is 2. The fourth-order valence-electron chi connectivity index (χ4n) is 3.46. The quantitative estimate of drug-likeness (QED) is 0.771. The first kappa shape index (κ1) is 19.3. The number of rotatable bonds is 2. The molecule has 0 aromatic rings. The molecule has 1 saturated carbocycles. The van der Waals surface area contributed by atoms with E-state index in [-0.39, 0.29) is 30.4 Å². The Kier molecular flexibility index (Phi) is 6.26. The van der Waals surface area contributed by atoms with Crippen molar-refractivity contribution in [3.63, 3.8) is 0 Å². The highest BCUT2D eigenvalue weighted by Gasteiger charge is 2.41. The van der Waals surface area contributed by atoms with Crippen molar-refractivity contribution >= 4 is 58.7 Å². The molecule has 0 bridgehead atoms. The second-order valence-electron chi connectivity index (χ2n) is 6.80. The van der Waals surface area contributed by atoms with Crippen molar-refractivity contribution in [1.82, 2.24) is 10.2 Å². The number of nitrogens with zero attached hydrogens (tertiary/aromatic N) is 3. The zero-order valence-corrected chi connectivity index (χ0v) is 16.7. The van der Waals surface area contributed by atoms with Crippen molar-refractivity contribution in [2.24, 2.45) is 9.98 Å². The smallest absolute Gasteiger partial charge is 0.168 e. The molecule has 3 heterocycles. The lowest BCUT2D eigenvalue weighted by Gasteiger charge is -2.31. The Hall–Kier alpha value is -0.0400. The molecule has 1 aliphatic carbocycles. The molecule has 3 aliphatic heterocycles. The molecule has 130 valence electrons. The molecule has 4 aliphatic rings. The highest BCUT2D eigenvalue weighted by atomic mass is 35.5. The highest BCUT2D eigenvalue weighted by Crippen LogP contribution is 2.41. The largest absolute Gasteiger partial charge is 0.362 e. The first-order chi connectivity index (χ1) is 10.1. The van der Waals surface area contributed by atoms with Gasteiger partial charge in [0.15, 0.2) is 10.3 Å². The normalized spacial score (nSPS) is 30.2. The molecule has 2 atom stereocenters. The Morgan fingerprint density at radius 1 is 1.35 bits per heavy atom. The zero-order valence-electron chi connectivity index (χ0n) is 13.4. The van der Waals surface area contributed by atoms with E-state index in [4.69, 9.17) is 9.98 Å². The number of fused-ring (bicyclic) bond motifs is 3. The predicted octanol–water partition coefficient (Wildman–Crippen LogP) is 3.87. The summed E-state index contributed by atoms with van der Waals surface area (Å²) in [7, 11) is 0. The third-order valence-electron chi connectivity index (χ3n) is 4.55. The van der Waals surface area contributed by atoms with Crippen LogP contribution in [0.25, 0.3) is 0 Å². The number of halogens is 2. The molecule has 23 heavy (non-hydrogen) atoms. The Morgan fingerprint density at radius 2 is 2.13 bits per heavy atom. The minimum absolute atomic E-state index is 0.